The highest BCUT2D eigenvalue weighted by Gasteiger charge is 2.22. The third kappa shape index (κ3) is 4.16. The van der Waals surface area contributed by atoms with Crippen LogP contribution < -0.4 is 5.32 Å². The molecule has 4 aromatic rings. The van der Waals surface area contributed by atoms with Crippen molar-refractivity contribution >= 4 is 43.3 Å². The van der Waals surface area contributed by atoms with Crippen molar-refractivity contribution in [2.75, 3.05) is 18.4 Å². The molecule has 10 heteroatoms. The molecule has 0 saturated heterocycles. The first-order valence-corrected chi connectivity index (χ1v) is 12.4. The zero-order valence-corrected chi connectivity index (χ0v) is 19.6. The maximum Gasteiger partial charge on any atom is 0.256 e. The number of hydrogen-bond acceptors (Lipinski definition) is 6. The Morgan fingerprint density at radius 2 is 1.78 bits per heavy atom. The van der Waals surface area contributed by atoms with E-state index in [9.17, 15) is 13.2 Å². The molecule has 32 heavy (non-hydrogen) atoms. The Morgan fingerprint density at radius 3 is 2.44 bits per heavy atom. The van der Waals surface area contributed by atoms with Crippen molar-refractivity contribution in [3.05, 3.63) is 65.9 Å². The second kappa shape index (κ2) is 8.81. The fourth-order valence-electron chi connectivity index (χ4n) is 3.36. The predicted octanol–water partition coefficient (Wildman–Crippen LogP) is 4.07. The van der Waals surface area contributed by atoms with Crippen LogP contribution in [0.3, 0.4) is 0 Å². The van der Waals surface area contributed by atoms with E-state index < -0.39 is 10.0 Å². The Balaban J connectivity index is 1.59. The molecule has 2 aromatic heterocycles. The van der Waals surface area contributed by atoms with Crippen molar-refractivity contribution in [1.29, 1.82) is 0 Å². The van der Waals surface area contributed by atoms with Gasteiger partial charge in [-0.3, -0.25) is 4.79 Å². The SMILES string of the molecule is CCN(CC)S(=O)(=O)c1ccc(C(=O)Nc2cc(C)nn2-c2nc3ccccc3s2)cc1. The number of rotatable bonds is 7. The summed E-state index contributed by atoms with van der Waals surface area (Å²) in [6.45, 7) is 6.19. The van der Waals surface area contributed by atoms with E-state index in [-0.39, 0.29) is 10.8 Å². The van der Waals surface area contributed by atoms with Gasteiger partial charge < -0.3 is 5.32 Å². The normalized spacial score (nSPS) is 11.9. The molecule has 0 aliphatic heterocycles. The molecule has 0 spiro atoms. The van der Waals surface area contributed by atoms with E-state index in [1.807, 2.05) is 31.2 Å². The topological polar surface area (TPSA) is 97.2 Å². The second-order valence-electron chi connectivity index (χ2n) is 7.11. The van der Waals surface area contributed by atoms with Crippen molar-refractivity contribution in [2.24, 2.45) is 0 Å². The molecule has 1 amide bonds. The molecular formula is C22H23N5O3S2. The van der Waals surface area contributed by atoms with Crippen molar-refractivity contribution < 1.29 is 13.2 Å². The average molecular weight is 470 g/mol. The minimum Gasteiger partial charge on any atom is -0.306 e. The molecule has 166 valence electrons. The Kier molecular flexibility index (Phi) is 6.09. The molecule has 0 atom stereocenters. The van der Waals surface area contributed by atoms with Crippen LogP contribution in [0.5, 0.6) is 0 Å². The van der Waals surface area contributed by atoms with Crippen molar-refractivity contribution in [3.8, 4) is 5.13 Å². The number of aromatic nitrogens is 3. The van der Waals surface area contributed by atoms with Gasteiger partial charge in [0, 0.05) is 24.7 Å². The third-order valence-electron chi connectivity index (χ3n) is 5.00. The van der Waals surface area contributed by atoms with Crippen molar-refractivity contribution in [1.82, 2.24) is 19.1 Å². The van der Waals surface area contributed by atoms with E-state index in [0.29, 0.717) is 29.6 Å². The number of thiazole rings is 1. The van der Waals surface area contributed by atoms with Gasteiger partial charge in [-0.05, 0) is 43.3 Å². The lowest BCUT2D eigenvalue weighted by Crippen LogP contribution is -2.30. The monoisotopic (exact) mass is 469 g/mol. The van der Waals surface area contributed by atoms with Crippen molar-refractivity contribution in [2.45, 2.75) is 25.7 Å². The van der Waals surface area contributed by atoms with Gasteiger partial charge in [-0.1, -0.05) is 37.3 Å². The fraction of sp³-hybridized carbons (Fsp3) is 0.227. The molecule has 1 N–H and O–H groups in total. The van der Waals surface area contributed by atoms with Crippen LogP contribution in [0.2, 0.25) is 0 Å². The van der Waals surface area contributed by atoms with Crippen LogP contribution in [-0.2, 0) is 10.0 Å². The van der Waals surface area contributed by atoms with E-state index in [2.05, 4.69) is 15.4 Å². The number of nitrogens with one attached hydrogen (secondary N) is 1. The summed E-state index contributed by atoms with van der Waals surface area (Å²) in [5.41, 5.74) is 1.95. The van der Waals surface area contributed by atoms with Crippen LogP contribution in [-0.4, -0.2) is 46.5 Å². The van der Waals surface area contributed by atoms with Gasteiger partial charge >= 0.3 is 0 Å². The maximum atomic E-state index is 12.9. The largest absolute Gasteiger partial charge is 0.306 e. The fourth-order valence-corrected chi connectivity index (χ4v) is 5.75. The number of amides is 1. The van der Waals surface area contributed by atoms with Crippen LogP contribution in [0.4, 0.5) is 5.82 Å². The molecule has 0 aliphatic rings. The molecule has 8 nitrogen and oxygen atoms in total. The minimum absolute atomic E-state index is 0.160. The average Bonchev–Trinajstić information content (AvgIpc) is 3.37. The zero-order valence-electron chi connectivity index (χ0n) is 17.9. The number of nitrogens with zero attached hydrogens (tertiary/aromatic N) is 4. The van der Waals surface area contributed by atoms with Gasteiger partial charge in [0.15, 0.2) is 0 Å². The van der Waals surface area contributed by atoms with Gasteiger partial charge in [-0.25, -0.2) is 13.4 Å². The molecule has 0 aliphatic carbocycles. The molecule has 2 heterocycles. The first-order chi connectivity index (χ1) is 15.3. The van der Waals surface area contributed by atoms with Gasteiger partial charge in [-0.2, -0.15) is 14.1 Å². The highest BCUT2D eigenvalue weighted by atomic mass is 32.2. The zero-order chi connectivity index (χ0) is 22.9. The first-order valence-electron chi connectivity index (χ1n) is 10.2. The summed E-state index contributed by atoms with van der Waals surface area (Å²) < 4.78 is 29.3. The lowest BCUT2D eigenvalue weighted by atomic mass is 10.2. The van der Waals surface area contributed by atoms with E-state index >= 15 is 0 Å². The van der Waals surface area contributed by atoms with Crippen LogP contribution in [0.15, 0.2) is 59.5 Å². The Morgan fingerprint density at radius 1 is 1.09 bits per heavy atom. The van der Waals surface area contributed by atoms with Gasteiger partial charge in [0.2, 0.25) is 15.2 Å². The molecular weight excluding hydrogens is 446 g/mol. The smallest absolute Gasteiger partial charge is 0.256 e. The minimum atomic E-state index is -3.57. The van der Waals surface area contributed by atoms with Crippen LogP contribution in [0.1, 0.15) is 29.9 Å². The number of carbonyl (C=O) groups excluding carboxylic acids is 1. The van der Waals surface area contributed by atoms with Gasteiger partial charge in [-0.15, -0.1) is 0 Å². The molecule has 0 unspecified atom stereocenters. The second-order valence-corrected chi connectivity index (χ2v) is 10.1. The number of para-hydroxylation sites is 1. The van der Waals surface area contributed by atoms with Gasteiger partial charge in [0.05, 0.1) is 20.8 Å². The standard InChI is InChI=1S/C22H23N5O3S2/c1-4-26(5-2)32(29,30)17-12-10-16(11-13-17)21(28)24-20-14-15(3)25-27(20)22-23-18-8-6-7-9-19(18)31-22/h6-14H,4-5H2,1-3H3,(H,24,28). The number of benzene rings is 2. The molecule has 4 rings (SSSR count). The van der Waals surface area contributed by atoms with Crippen LogP contribution >= 0.6 is 11.3 Å². The van der Waals surface area contributed by atoms with Crippen molar-refractivity contribution in [3.63, 3.8) is 0 Å². The predicted molar refractivity (Wildman–Crippen MR) is 126 cm³/mol. The lowest BCUT2D eigenvalue weighted by molar-refractivity contribution is 0.102. The van der Waals surface area contributed by atoms with Gasteiger partial charge in [0.1, 0.15) is 5.82 Å². The summed E-state index contributed by atoms with van der Waals surface area (Å²) in [5, 5.41) is 7.98. The maximum absolute atomic E-state index is 12.9. The van der Waals surface area contributed by atoms with E-state index in [0.717, 1.165) is 15.9 Å². The molecule has 2 aromatic carbocycles. The Bertz CT molecular complexity index is 1340. The number of anilines is 1. The van der Waals surface area contributed by atoms with E-state index in [1.165, 1.54) is 39.9 Å². The number of fused-ring (bicyclic) bond motifs is 1. The molecule has 0 bridgehead atoms. The number of carbonyl (C=O) groups is 1. The third-order valence-corrected chi connectivity index (χ3v) is 8.07. The van der Waals surface area contributed by atoms with Gasteiger partial charge in [0.25, 0.3) is 5.91 Å². The summed E-state index contributed by atoms with van der Waals surface area (Å²) in [4.78, 5) is 17.6. The molecule has 0 radical (unpaired) electrons. The van der Waals surface area contributed by atoms with E-state index in [4.69, 9.17) is 0 Å². The molecule has 0 saturated carbocycles. The Labute approximate surface area is 190 Å². The quantitative estimate of drug-likeness (QED) is 0.440. The van der Waals surface area contributed by atoms with Crippen LogP contribution in [0, 0.1) is 6.92 Å². The number of aryl methyl sites for hydroxylation is 1. The number of hydrogen-bond donors (Lipinski definition) is 1. The summed E-state index contributed by atoms with van der Waals surface area (Å²) in [6, 6.07) is 15.5. The summed E-state index contributed by atoms with van der Waals surface area (Å²) in [7, 11) is -3.57. The van der Waals surface area contributed by atoms with Crippen LogP contribution in [0.25, 0.3) is 15.3 Å². The first kappa shape index (κ1) is 22.1. The summed E-state index contributed by atoms with van der Waals surface area (Å²) >= 11 is 1.48. The molecule has 0 fully saturated rings. The Hall–Kier alpha value is -3.08. The van der Waals surface area contributed by atoms with E-state index in [1.54, 1.807) is 24.6 Å². The highest BCUT2D eigenvalue weighted by Crippen LogP contribution is 2.27. The highest BCUT2D eigenvalue weighted by molar-refractivity contribution is 7.89. The number of sulfonamides is 1. The lowest BCUT2D eigenvalue weighted by Gasteiger charge is -2.18. The summed E-state index contributed by atoms with van der Waals surface area (Å²) in [5.74, 6) is 0.130. The summed E-state index contributed by atoms with van der Waals surface area (Å²) in [6.07, 6.45) is 0.